The van der Waals surface area contributed by atoms with Gasteiger partial charge in [0.15, 0.2) is 0 Å². The van der Waals surface area contributed by atoms with Gasteiger partial charge in [0.2, 0.25) is 0 Å². The molecule has 0 spiro atoms. The van der Waals surface area contributed by atoms with Crippen molar-refractivity contribution in [1.29, 1.82) is 0 Å². The molecule has 3 aromatic heterocycles. The highest BCUT2D eigenvalue weighted by Crippen LogP contribution is 2.08. The van der Waals surface area contributed by atoms with Crippen LogP contribution in [0.2, 0.25) is 0 Å². The van der Waals surface area contributed by atoms with Crippen LogP contribution in [0.5, 0.6) is 0 Å². The molecular weight excluding hydrogens is 342 g/mol. The zero-order chi connectivity index (χ0) is 17.6. The fraction of sp³-hybridized carbons (Fsp3) is 0.250. The molecule has 0 radical (unpaired) electrons. The quantitative estimate of drug-likeness (QED) is 0.605. The van der Waals surface area contributed by atoms with E-state index in [2.05, 4.69) is 15.3 Å². The Morgan fingerprint density at radius 1 is 1.36 bits per heavy atom. The van der Waals surface area contributed by atoms with E-state index in [1.54, 1.807) is 12.5 Å². The Kier molecular flexibility index (Phi) is 5.24. The fourth-order valence-corrected chi connectivity index (χ4v) is 3.05. The van der Waals surface area contributed by atoms with Gasteiger partial charge in [-0.2, -0.15) is 0 Å². The molecule has 0 aliphatic heterocycles. The molecule has 0 aliphatic rings. The van der Waals surface area contributed by atoms with Crippen molar-refractivity contribution in [3.05, 3.63) is 73.7 Å². The molecule has 25 heavy (non-hydrogen) atoms. The summed E-state index contributed by atoms with van der Waals surface area (Å²) in [6, 6.07) is 3.68. The first-order chi connectivity index (χ1) is 12.1. The summed E-state index contributed by atoms with van der Waals surface area (Å²) in [5, 5.41) is 4.57. The third-order valence-electron chi connectivity index (χ3n) is 3.64. The number of aryl methyl sites for hydroxylation is 1. The molecule has 2 N–H and O–H groups in total. The van der Waals surface area contributed by atoms with Gasteiger partial charge in [0.25, 0.3) is 11.5 Å². The van der Waals surface area contributed by atoms with Crippen LogP contribution in [0.25, 0.3) is 0 Å². The maximum atomic E-state index is 12.5. The van der Waals surface area contributed by atoms with Gasteiger partial charge in [-0.3, -0.25) is 14.2 Å². The molecule has 0 saturated carbocycles. The maximum absolute atomic E-state index is 12.5. The van der Waals surface area contributed by atoms with Crippen molar-refractivity contribution in [1.82, 2.24) is 24.4 Å². The van der Waals surface area contributed by atoms with E-state index in [9.17, 15) is 14.4 Å². The molecule has 1 amide bonds. The highest BCUT2D eigenvalue weighted by Gasteiger charge is 2.14. The number of carbonyl (C=O) groups excluding carboxylic acids is 1. The third-order valence-corrected chi connectivity index (χ3v) is 4.50. The number of hydrogen-bond acceptors (Lipinski definition) is 5. The number of H-pyrrole nitrogens is 1. The van der Waals surface area contributed by atoms with Gasteiger partial charge in [-0.05, 0) is 17.9 Å². The van der Waals surface area contributed by atoms with E-state index in [1.807, 2.05) is 28.3 Å². The van der Waals surface area contributed by atoms with Crippen LogP contribution < -0.4 is 16.6 Å². The number of amides is 1. The normalized spacial score (nSPS) is 10.7. The number of nitrogens with zero attached hydrogens (tertiary/aromatic N) is 3. The van der Waals surface area contributed by atoms with Crippen LogP contribution in [0, 0.1) is 0 Å². The summed E-state index contributed by atoms with van der Waals surface area (Å²) in [5.74, 6) is -0.494. The van der Waals surface area contributed by atoms with Crippen LogP contribution in [0.1, 0.15) is 21.7 Å². The molecular formula is C16H17N5O3S. The Morgan fingerprint density at radius 2 is 2.24 bits per heavy atom. The van der Waals surface area contributed by atoms with Crippen LogP contribution in [0.3, 0.4) is 0 Å². The molecule has 0 fully saturated rings. The predicted octanol–water partition coefficient (Wildman–Crippen LogP) is 0.663. The molecule has 3 rings (SSSR count). The van der Waals surface area contributed by atoms with Crippen LogP contribution in [-0.4, -0.2) is 31.6 Å². The van der Waals surface area contributed by atoms with Gasteiger partial charge in [0.05, 0.1) is 12.9 Å². The number of aromatic nitrogens is 4. The average molecular weight is 359 g/mol. The monoisotopic (exact) mass is 359 g/mol. The number of carbonyl (C=O) groups is 1. The van der Waals surface area contributed by atoms with E-state index < -0.39 is 17.2 Å². The van der Waals surface area contributed by atoms with Crippen LogP contribution in [0.4, 0.5) is 0 Å². The van der Waals surface area contributed by atoms with Crippen molar-refractivity contribution in [2.75, 3.05) is 6.54 Å². The molecule has 3 heterocycles. The number of nitrogens with one attached hydrogen (secondary N) is 2. The molecule has 8 nitrogen and oxygen atoms in total. The molecule has 0 atom stereocenters. The molecule has 0 aromatic carbocycles. The van der Waals surface area contributed by atoms with Crippen LogP contribution in [-0.2, 0) is 13.1 Å². The number of thiophene rings is 1. The lowest BCUT2D eigenvalue weighted by molar-refractivity contribution is 0.0950. The Hall–Kier alpha value is -2.94. The van der Waals surface area contributed by atoms with Crippen molar-refractivity contribution in [3.63, 3.8) is 0 Å². The Bertz CT molecular complexity index is 941. The molecule has 9 heteroatoms. The molecule has 0 aliphatic carbocycles. The third kappa shape index (κ3) is 4.13. The second kappa shape index (κ2) is 7.75. The molecule has 130 valence electrons. The summed E-state index contributed by atoms with van der Waals surface area (Å²) >= 11 is 1.44. The Balaban J connectivity index is 1.66. The second-order valence-electron chi connectivity index (χ2n) is 5.39. The maximum Gasteiger partial charge on any atom is 0.328 e. The van der Waals surface area contributed by atoms with Crippen molar-refractivity contribution in [3.8, 4) is 0 Å². The van der Waals surface area contributed by atoms with Crippen LogP contribution >= 0.6 is 11.3 Å². The summed E-state index contributed by atoms with van der Waals surface area (Å²) in [5.41, 5.74) is -1.20. The first kappa shape index (κ1) is 16.9. The predicted molar refractivity (Wildman–Crippen MR) is 93.9 cm³/mol. The van der Waals surface area contributed by atoms with E-state index in [4.69, 9.17) is 0 Å². The van der Waals surface area contributed by atoms with Crippen molar-refractivity contribution in [2.45, 2.75) is 19.5 Å². The van der Waals surface area contributed by atoms with Gasteiger partial charge in [0, 0.05) is 36.6 Å². The van der Waals surface area contributed by atoms with Gasteiger partial charge >= 0.3 is 5.69 Å². The van der Waals surface area contributed by atoms with E-state index in [0.29, 0.717) is 19.5 Å². The van der Waals surface area contributed by atoms with Crippen molar-refractivity contribution < 1.29 is 4.79 Å². The van der Waals surface area contributed by atoms with E-state index >= 15 is 0 Å². The standard InChI is InChI=1S/C16H17N5O3S/c22-14(18-4-2-6-20-7-5-17-11-20)13-9-19-16(24)21(15(13)23)10-12-3-1-8-25-12/h1,3,5,7-9,11H,2,4,6,10H2,(H,18,22)(H,19,24). The largest absolute Gasteiger partial charge is 0.352 e. The minimum Gasteiger partial charge on any atom is -0.352 e. The molecule has 0 saturated heterocycles. The van der Waals surface area contributed by atoms with E-state index in [0.717, 1.165) is 9.44 Å². The van der Waals surface area contributed by atoms with E-state index in [1.165, 1.54) is 17.5 Å². The first-order valence-electron chi connectivity index (χ1n) is 7.74. The van der Waals surface area contributed by atoms with Gasteiger partial charge in [-0.1, -0.05) is 6.07 Å². The highest BCUT2D eigenvalue weighted by atomic mass is 32.1. The Morgan fingerprint density at radius 3 is 2.96 bits per heavy atom. The molecule has 3 aromatic rings. The fourth-order valence-electron chi connectivity index (χ4n) is 2.35. The van der Waals surface area contributed by atoms with Crippen molar-refractivity contribution in [2.24, 2.45) is 0 Å². The van der Waals surface area contributed by atoms with Gasteiger partial charge < -0.3 is 14.9 Å². The average Bonchev–Trinajstić information content (AvgIpc) is 3.29. The van der Waals surface area contributed by atoms with E-state index in [-0.39, 0.29) is 12.1 Å². The van der Waals surface area contributed by atoms with Gasteiger partial charge in [-0.15, -0.1) is 11.3 Å². The highest BCUT2D eigenvalue weighted by molar-refractivity contribution is 7.09. The lowest BCUT2D eigenvalue weighted by atomic mass is 10.3. The summed E-state index contributed by atoms with van der Waals surface area (Å²) in [4.78, 5) is 43.8. The lowest BCUT2D eigenvalue weighted by Gasteiger charge is -2.07. The first-order valence-corrected chi connectivity index (χ1v) is 8.62. The number of imidazole rings is 1. The lowest BCUT2D eigenvalue weighted by Crippen LogP contribution is -2.40. The summed E-state index contributed by atoms with van der Waals surface area (Å²) in [6.45, 7) is 1.28. The van der Waals surface area contributed by atoms with Crippen molar-refractivity contribution >= 4 is 17.2 Å². The number of rotatable bonds is 7. The Labute approximate surface area is 146 Å². The number of hydrogen-bond donors (Lipinski definition) is 2. The molecule has 0 bridgehead atoms. The van der Waals surface area contributed by atoms with Gasteiger partial charge in [0.1, 0.15) is 5.56 Å². The second-order valence-corrected chi connectivity index (χ2v) is 6.42. The number of aromatic amines is 1. The summed E-state index contributed by atoms with van der Waals surface area (Å²) < 4.78 is 2.94. The van der Waals surface area contributed by atoms with Crippen LogP contribution in [0.15, 0.2) is 52.0 Å². The minimum atomic E-state index is -0.593. The summed E-state index contributed by atoms with van der Waals surface area (Å²) in [6.07, 6.45) is 7.10. The summed E-state index contributed by atoms with van der Waals surface area (Å²) in [7, 11) is 0. The smallest absolute Gasteiger partial charge is 0.328 e. The molecule has 0 unspecified atom stereocenters. The zero-order valence-electron chi connectivity index (χ0n) is 13.3. The topological polar surface area (TPSA) is 102 Å². The minimum absolute atomic E-state index is 0.0706. The zero-order valence-corrected chi connectivity index (χ0v) is 14.2. The SMILES string of the molecule is O=C(NCCCn1ccnc1)c1c[nH]c(=O)n(Cc2cccs2)c1=O. The van der Waals surface area contributed by atoms with Gasteiger partial charge in [-0.25, -0.2) is 9.78 Å².